The summed E-state index contributed by atoms with van der Waals surface area (Å²) >= 11 is 1.96. The van der Waals surface area contributed by atoms with Crippen LogP contribution in [0.3, 0.4) is 0 Å². The van der Waals surface area contributed by atoms with E-state index in [2.05, 4.69) is 12.2 Å². The van der Waals surface area contributed by atoms with Gasteiger partial charge in [-0.05, 0) is 24.5 Å². The second-order valence-electron chi connectivity index (χ2n) is 3.75. The van der Waals surface area contributed by atoms with E-state index in [-0.39, 0.29) is 0 Å². The topological polar surface area (TPSA) is 41.5 Å². The molecular formula is C10H21NO2S. The zero-order valence-electron chi connectivity index (χ0n) is 8.92. The standard InChI is InChI=1S/C10H21NO2S/c1-2-14-7-3-5-11-8-10(12)4-6-13-9-10/h11-12H,2-9H2,1H3. The minimum Gasteiger partial charge on any atom is -0.386 e. The van der Waals surface area contributed by atoms with Crippen LogP contribution < -0.4 is 5.32 Å². The van der Waals surface area contributed by atoms with Crippen molar-refractivity contribution in [1.82, 2.24) is 5.32 Å². The minimum atomic E-state index is -0.599. The Balaban J connectivity index is 1.92. The molecule has 0 aromatic carbocycles. The van der Waals surface area contributed by atoms with Crippen LogP contribution in [0.15, 0.2) is 0 Å². The summed E-state index contributed by atoms with van der Waals surface area (Å²) in [6.07, 6.45) is 1.94. The lowest BCUT2D eigenvalue weighted by Crippen LogP contribution is -2.41. The van der Waals surface area contributed by atoms with Gasteiger partial charge in [-0.25, -0.2) is 0 Å². The SMILES string of the molecule is CCSCCCNCC1(O)CCOC1. The fourth-order valence-electron chi connectivity index (χ4n) is 1.50. The Morgan fingerprint density at radius 3 is 3.07 bits per heavy atom. The van der Waals surface area contributed by atoms with Crippen LogP contribution in [0.4, 0.5) is 0 Å². The molecule has 2 N–H and O–H groups in total. The van der Waals surface area contributed by atoms with E-state index in [0.717, 1.165) is 13.0 Å². The van der Waals surface area contributed by atoms with Crippen molar-refractivity contribution in [3.63, 3.8) is 0 Å². The molecule has 0 aromatic heterocycles. The maximum Gasteiger partial charge on any atom is 0.102 e. The lowest BCUT2D eigenvalue weighted by Gasteiger charge is -2.20. The van der Waals surface area contributed by atoms with E-state index in [1.165, 1.54) is 17.9 Å². The molecule has 1 unspecified atom stereocenters. The Labute approximate surface area is 90.6 Å². The number of rotatable bonds is 7. The second kappa shape index (κ2) is 6.67. The van der Waals surface area contributed by atoms with Gasteiger partial charge in [0.1, 0.15) is 5.60 Å². The van der Waals surface area contributed by atoms with Gasteiger partial charge in [0.05, 0.1) is 6.61 Å². The third-order valence-corrected chi connectivity index (χ3v) is 3.37. The number of ether oxygens (including phenoxy) is 1. The summed E-state index contributed by atoms with van der Waals surface area (Å²) in [4.78, 5) is 0. The minimum absolute atomic E-state index is 0.490. The Hall–Kier alpha value is 0.230. The van der Waals surface area contributed by atoms with Gasteiger partial charge < -0.3 is 15.2 Å². The molecule has 1 atom stereocenters. The summed E-state index contributed by atoms with van der Waals surface area (Å²) in [7, 11) is 0. The summed E-state index contributed by atoms with van der Waals surface area (Å²) in [6.45, 7) is 5.03. The molecule has 1 aliphatic rings. The van der Waals surface area contributed by atoms with Crippen LogP contribution in [0.2, 0.25) is 0 Å². The molecule has 14 heavy (non-hydrogen) atoms. The second-order valence-corrected chi connectivity index (χ2v) is 5.15. The van der Waals surface area contributed by atoms with E-state index < -0.39 is 5.60 Å². The molecule has 1 heterocycles. The first-order valence-electron chi connectivity index (χ1n) is 5.35. The van der Waals surface area contributed by atoms with Crippen LogP contribution in [-0.4, -0.2) is 48.5 Å². The van der Waals surface area contributed by atoms with E-state index in [4.69, 9.17) is 4.74 Å². The number of nitrogens with one attached hydrogen (secondary N) is 1. The van der Waals surface area contributed by atoms with Crippen LogP contribution in [-0.2, 0) is 4.74 Å². The van der Waals surface area contributed by atoms with Gasteiger partial charge in [0.2, 0.25) is 0 Å². The van der Waals surface area contributed by atoms with Crippen molar-refractivity contribution in [2.45, 2.75) is 25.4 Å². The van der Waals surface area contributed by atoms with Crippen LogP contribution >= 0.6 is 11.8 Å². The monoisotopic (exact) mass is 219 g/mol. The Morgan fingerprint density at radius 2 is 2.43 bits per heavy atom. The molecular weight excluding hydrogens is 198 g/mol. The molecule has 1 aliphatic heterocycles. The summed E-state index contributed by atoms with van der Waals surface area (Å²) in [6, 6.07) is 0. The number of hydrogen-bond acceptors (Lipinski definition) is 4. The first kappa shape index (κ1) is 12.3. The maximum atomic E-state index is 9.90. The van der Waals surface area contributed by atoms with Crippen molar-refractivity contribution in [1.29, 1.82) is 0 Å². The summed E-state index contributed by atoms with van der Waals surface area (Å²) < 4.78 is 5.16. The highest BCUT2D eigenvalue weighted by Crippen LogP contribution is 2.16. The van der Waals surface area contributed by atoms with Gasteiger partial charge in [0.15, 0.2) is 0 Å². The van der Waals surface area contributed by atoms with Crippen LogP contribution in [0.5, 0.6) is 0 Å². The predicted octanol–water partition coefficient (Wildman–Crippen LogP) is 0.871. The summed E-state index contributed by atoms with van der Waals surface area (Å²) in [5, 5.41) is 13.2. The third kappa shape index (κ3) is 4.64. The number of hydrogen-bond donors (Lipinski definition) is 2. The predicted molar refractivity (Wildman–Crippen MR) is 60.9 cm³/mol. The molecule has 0 aliphatic carbocycles. The molecule has 4 heteroatoms. The van der Waals surface area contributed by atoms with Crippen LogP contribution in [0, 0.1) is 0 Å². The zero-order chi connectivity index (χ0) is 10.3. The average Bonchev–Trinajstić information content (AvgIpc) is 2.59. The van der Waals surface area contributed by atoms with Crippen LogP contribution in [0.25, 0.3) is 0 Å². The molecule has 1 rings (SSSR count). The number of aliphatic hydroxyl groups is 1. The van der Waals surface area contributed by atoms with E-state index >= 15 is 0 Å². The van der Waals surface area contributed by atoms with Gasteiger partial charge in [-0.15, -0.1) is 0 Å². The van der Waals surface area contributed by atoms with E-state index in [1.54, 1.807) is 0 Å². The molecule has 0 spiro atoms. The highest BCUT2D eigenvalue weighted by molar-refractivity contribution is 7.99. The van der Waals surface area contributed by atoms with Crippen LogP contribution in [0.1, 0.15) is 19.8 Å². The maximum absolute atomic E-state index is 9.90. The Morgan fingerprint density at radius 1 is 1.57 bits per heavy atom. The largest absolute Gasteiger partial charge is 0.386 e. The molecule has 1 saturated heterocycles. The zero-order valence-corrected chi connectivity index (χ0v) is 9.74. The molecule has 0 saturated carbocycles. The molecule has 84 valence electrons. The smallest absolute Gasteiger partial charge is 0.102 e. The van der Waals surface area contributed by atoms with Crippen molar-refractivity contribution in [3.05, 3.63) is 0 Å². The first-order chi connectivity index (χ1) is 6.77. The van der Waals surface area contributed by atoms with Gasteiger partial charge in [-0.1, -0.05) is 6.92 Å². The highest BCUT2D eigenvalue weighted by Gasteiger charge is 2.31. The van der Waals surface area contributed by atoms with Crippen molar-refractivity contribution < 1.29 is 9.84 Å². The first-order valence-corrected chi connectivity index (χ1v) is 6.51. The lowest BCUT2D eigenvalue weighted by atomic mass is 10.0. The number of thioether (sulfide) groups is 1. The lowest BCUT2D eigenvalue weighted by molar-refractivity contribution is 0.0273. The van der Waals surface area contributed by atoms with E-state index in [9.17, 15) is 5.11 Å². The van der Waals surface area contributed by atoms with Gasteiger partial charge in [-0.3, -0.25) is 0 Å². The quantitative estimate of drug-likeness (QED) is 0.624. The van der Waals surface area contributed by atoms with Crippen molar-refractivity contribution in [2.75, 3.05) is 37.8 Å². The van der Waals surface area contributed by atoms with E-state index in [0.29, 0.717) is 19.8 Å². The fraction of sp³-hybridized carbons (Fsp3) is 1.00. The third-order valence-electron chi connectivity index (χ3n) is 2.38. The van der Waals surface area contributed by atoms with Gasteiger partial charge in [0, 0.05) is 19.6 Å². The summed E-state index contributed by atoms with van der Waals surface area (Å²) in [5.74, 6) is 2.40. The fourth-order valence-corrected chi connectivity index (χ4v) is 2.14. The molecule has 0 bridgehead atoms. The molecule has 1 fully saturated rings. The summed E-state index contributed by atoms with van der Waals surface area (Å²) in [5.41, 5.74) is -0.599. The van der Waals surface area contributed by atoms with Gasteiger partial charge >= 0.3 is 0 Å². The molecule has 3 nitrogen and oxygen atoms in total. The normalized spacial score (nSPS) is 27.0. The highest BCUT2D eigenvalue weighted by atomic mass is 32.2. The Bertz CT molecular complexity index is 149. The van der Waals surface area contributed by atoms with Gasteiger partial charge in [-0.2, -0.15) is 11.8 Å². The molecule has 0 aromatic rings. The van der Waals surface area contributed by atoms with Crippen molar-refractivity contribution in [2.24, 2.45) is 0 Å². The Kier molecular flexibility index (Phi) is 5.86. The van der Waals surface area contributed by atoms with Gasteiger partial charge in [0.25, 0.3) is 0 Å². The average molecular weight is 219 g/mol. The van der Waals surface area contributed by atoms with E-state index in [1.807, 2.05) is 11.8 Å². The van der Waals surface area contributed by atoms with Crippen molar-refractivity contribution in [3.8, 4) is 0 Å². The van der Waals surface area contributed by atoms with Crippen molar-refractivity contribution >= 4 is 11.8 Å². The molecule has 0 amide bonds. The molecule has 0 radical (unpaired) electrons.